The molecule has 1 aromatic carbocycles. The van der Waals surface area contributed by atoms with E-state index in [0.29, 0.717) is 18.8 Å². The quantitative estimate of drug-likeness (QED) is 0.779. The molecule has 0 radical (unpaired) electrons. The largest absolute Gasteiger partial charge is 0.377 e. The Kier molecular flexibility index (Phi) is 3.69. The summed E-state index contributed by atoms with van der Waals surface area (Å²) in [5.74, 6) is -0.224. The summed E-state index contributed by atoms with van der Waals surface area (Å²) in [6.07, 6.45) is 0. The molecule has 0 saturated heterocycles. The number of ether oxygens (including phenoxy) is 1. The first-order chi connectivity index (χ1) is 5.74. The standard InChI is InChI=1S/C9H10BrFO/c1-2-12-6-7-3-4-8(10)5-9(7)11/h3-5H,2,6H2,1H3. The lowest BCUT2D eigenvalue weighted by molar-refractivity contribution is 0.131. The van der Waals surface area contributed by atoms with Crippen molar-refractivity contribution in [3.63, 3.8) is 0 Å². The molecular formula is C9H10BrFO. The van der Waals surface area contributed by atoms with Crippen molar-refractivity contribution >= 4 is 15.9 Å². The van der Waals surface area contributed by atoms with E-state index in [-0.39, 0.29) is 5.82 Å². The highest BCUT2D eigenvalue weighted by molar-refractivity contribution is 9.10. The maximum Gasteiger partial charge on any atom is 0.129 e. The van der Waals surface area contributed by atoms with Crippen LogP contribution in [0.25, 0.3) is 0 Å². The monoisotopic (exact) mass is 232 g/mol. The van der Waals surface area contributed by atoms with Crippen LogP contribution < -0.4 is 0 Å². The van der Waals surface area contributed by atoms with Crippen molar-refractivity contribution in [1.82, 2.24) is 0 Å². The Morgan fingerprint density at radius 3 is 2.83 bits per heavy atom. The fraction of sp³-hybridized carbons (Fsp3) is 0.333. The second-order valence-corrected chi connectivity index (χ2v) is 3.29. The predicted octanol–water partition coefficient (Wildman–Crippen LogP) is 3.12. The molecule has 0 atom stereocenters. The molecule has 66 valence electrons. The van der Waals surface area contributed by atoms with E-state index in [4.69, 9.17) is 4.74 Å². The van der Waals surface area contributed by atoms with Crippen molar-refractivity contribution in [2.45, 2.75) is 13.5 Å². The van der Waals surface area contributed by atoms with Crippen LogP contribution in [0.2, 0.25) is 0 Å². The van der Waals surface area contributed by atoms with Gasteiger partial charge in [-0.25, -0.2) is 4.39 Å². The van der Waals surface area contributed by atoms with Gasteiger partial charge in [-0.2, -0.15) is 0 Å². The number of hydrogen-bond donors (Lipinski definition) is 0. The third kappa shape index (κ3) is 2.57. The fourth-order valence-electron chi connectivity index (χ4n) is 0.851. The number of hydrogen-bond acceptors (Lipinski definition) is 1. The van der Waals surface area contributed by atoms with E-state index >= 15 is 0 Å². The van der Waals surface area contributed by atoms with Gasteiger partial charge in [-0.15, -0.1) is 0 Å². The molecular weight excluding hydrogens is 223 g/mol. The molecule has 0 amide bonds. The zero-order chi connectivity index (χ0) is 8.97. The second kappa shape index (κ2) is 4.58. The van der Waals surface area contributed by atoms with Gasteiger partial charge in [0.25, 0.3) is 0 Å². The van der Waals surface area contributed by atoms with E-state index in [2.05, 4.69) is 15.9 Å². The number of rotatable bonds is 3. The molecule has 0 bridgehead atoms. The van der Waals surface area contributed by atoms with Crippen LogP contribution in [0.5, 0.6) is 0 Å². The van der Waals surface area contributed by atoms with Crippen molar-refractivity contribution < 1.29 is 9.13 Å². The van der Waals surface area contributed by atoms with Gasteiger partial charge in [0.05, 0.1) is 6.61 Å². The van der Waals surface area contributed by atoms with Gasteiger partial charge in [-0.3, -0.25) is 0 Å². The van der Waals surface area contributed by atoms with Crippen LogP contribution in [0.3, 0.4) is 0 Å². The van der Waals surface area contributed by atoms with Gasteiger partial charge in [0.2, 0.25) is 0 Å². The maximum absolute atomic E-state index is 13.1. The second-order valence-electron chi connectivity index (χ2n) is 2.37. The third-order valence-corrected chi connectivity index (χ3v) is 1.97. The summed E-state index contributed by atoms with van der Waals surface area (Å²) in [4.78, 5) is 0. The topological polar surface area (TPSA) is 9.23 Å². The molecule has 0 unspecified atom stereocenters. The molecule has 0 aliphatic heterocycles. The lowest BCUT2D eigenvalue weighted by Crippen LogP contribution is -1.94. The Hall–Kier alpha value is -0.410. The molecule has 0 heterocycles. The van der Waals surface area contributed by atoms with E-state index in [9.17, 15) is 4.39 Å². The summed E-state index contributed by atoms with van der Waals surface area (Å²) in [6.45, 7) is 2.84. The van der Waals surface area contributed by atoms with E-state index in [0.717, 1.165) is 4.47 Å². The van der Waals surface area contributed by atoms with Gasteiger partial charge < -0.3 is 4.74 Å². The minimum Gasteiger partial charge on any atom is -0.377 e. The van der Waals surface area contributed by atoms with Crippen molar-refractivity contribution in [2.24, 2.45) is 0 Å². The highest BCUT2D eigenvalue weighted by Gasteiger charge is 2.01. The molecule has 1 rings (SSSR count). The summed E-state index contributed by atoms with van der Waals surface area (Å²) in [7, 11) is 0. The average Bonchev–Trinajstić information content (AvgIpc) is 2.03. The summed E-state index contributed by atoms with van der Waals surface area (Å²) in [5, 5.41) is 0. The Bertz CT molecular complexity index is 263. The van der Waals surface area contributed by atoms with Crippen molar-refractivity contribution in [3.8, 4) is 0 Å². The lowest BCUT2D eigenvalue weighted by Gasteiger charge is -2.02. The van der Waals surface area contributed by atoms with Crippen LogP contribution in [0.4, 0.5) is 4.39 Å². The predicted molar refractivity (Wildman–Crippen MR) is 49.4 cm³/mol. The molecule has 0 spiro atoms. The van der Waals surface area contributed by atoms with Crippen LogP contribution in [0.1, 0.15) is 12.5 Å². The molecule has 3 heteroatoms. The first-order valence-corrected chi connectivity index (χ1v) is 4.55. The minimum atomic E-state index is -0.224. The van der Waals surface area contributed by atoms with Gasteiger partial charge in [-0.1, -0.05) is 22.0 Å². The van der Waals surface area contributed by atoms with Crippen LogP contribution in [-0.4, -0.2) is 6.61 Å². The van der Waals surface area contributed by atoms with Gasteiger partial charge in [0, 0.05) is 16.6 Å². The van der Waals surface area contributed by atoms with E-state index < -0.39 is 0 Å². The Morgan fingerprint density at radius 1 is 1.50 bits per heavy atom. The van der Waals surface area contributed by atoms with Crippen LogP contribution in [0, 0.1) is 5.82 Å². The minimum absolute atomic E-state index is 0.224. The molecule has 0 aromatic heterocycles. The van der Waals surface area contributed by atoms with Crippen LogP contribution in [0.15, 0.2) is 22.7 Å². The van der Waals surface area contributed by atoms with Gasteiger partial charge in [-0.05, 0) is 19.1 Å². The zero-order valence-electron chi connectivity index (χ0n) is 6.81. The molecule has 1 nitrogen and oxygen atoms in total. The molecule has 0 saturated carbocycles. The number of benzene rings is 1. The van der Waals surface area contributed by atoms with E-state index in [1.54, 1.807) is 12.1 Å². The molecule has 0 N–H and O–H groups in total. The van der Waals surface area contributed by atoms with E-state index in [1.807, 2.05) is 6.92 Å². The summed E-state index contributed by atoms with van der Waals surface area (Å²) < 4.78 is 18.9. The molecule has 0 aliphatic rings. The average molecular weight is 233 g/mol. The normalized spacial score (nSPS) is 10.2. The molecule has 0 aliphatic carbocycles. The van der Waals surface area contributed by atoms with Gasteiger partial charge in [0.1, 0.15) is 5.82 Å². The van der Waals surface area contributed by atoms with Gasteiger partial charge in [0.15, 0.2) is 0 Å². The van der Waals surface area contributed by atoms with Gasteiger partial charge >= 0.3 is 0 Å². The SMILES string of the molecule is CCOCc1ccc(Br)cc1F. The van der Waals surface area contributed by atoms with E-state index in [1.165, 1.54) is 6.07 Å². The first kappa shape index (κ1) is 9.68. The lowest BCUT2D eigenvalue weighted by atomic mass is 10.2. The Morgan fingerprint density at radius 2 is 2.25 bits per heavy atom. The van der Waals surface area contributed by atoms with Crippen LogP contribution >= 0.6 is 15.9 Å². The highest BCUT2D eigenvalue weighted by Crippen LogP contribution is 2.15. The van der Waals surface area contributed by atoms with Crippen molar-refractivity contribution in [1.29, 1.82) is 0 Å². The fourth-order valence-corrected chi connectivity index (χ4v) is 1.18. The molecule has 0 fully saturated rings. The van der Waals surface area contributed by atoms with Crippen molar-refractivity contribution in [2.75, 3.05) is 6.61 Å². The summed E-state index contributed by atoms with van der Waals surface area (Å²) in [6, 6.07) is 4.96. The Labute approximate surface area is 79.7 Å². The smallest absolute Gasteiger partial charge is 0.129 e. The summed E-state index contributed by atoms with van der Waals surface area (Å²) >= 11 is 3.18. The zero-order valence-corrected chi connectivity index (χ0v) is 8.40. The number of halogens is 2. The summed E-state index contributed by atoms with van der Waals surface area (Å²) in [5.41, 5.74) is 0.597. The maximum atomic E-state index is 13.1. The first-order valence-electron chi connectivity index (χ1n) is 3.75. The molecule has 12 heavy (non-hydrogen) atoms. The molecule has 1 aromatic rings. The Balaban J connectivity index is 2.72. The van der Waals surface area contributed by atoms with Crippen LogP contribution in [-0.2, 0) is 11.3 Å². The third-order valence-electron chi connectivity index (χ3n) is 1.48. The highest BCUT2D eigenvalue weighted by atomic mass is 79.9. The van der Waals surface area contributed by atoms with Crippen molar-refractivity contribution in [3.05, 3.63) is 34.1 Å².